The zero-order chi connectivity index (χ0) is 15.0. The van der Waals surface area contributed by atoms with Crippen LogP contribution >= 0.6 is 15.9 Å². The van der Waals surface area contributed by atoms with Crippen LogP contribution in [0.4, 0.5) is 5.82 Å². The summed E-state index contributed by atoms with van der Waals surface area (Å²) in [7, 11) is 0. The molecule has 0 aromatic carbocycles. The van der Waals surface area contributed by atoms with E-state index in [9.17, 15) is 4.79 Å². The molecular formula is C15H24BrN3O. The maximum Gasteiger partial charge on any atom is 0.257 e. The largest absolute Gasteiger partial charge is 0.369 e. The van der Waals surface area contributed by atoms with E-state index in [0.717, 1.165) is 43.4 Å². The Morgan fingerprint density at radius 1 is 1.35 bits per heavy atom. The van der Waals surface area contributed by atoms with Crippen LogP contribution in [0.2, 0.25) is 0 Å². The molecule has 0 saturated heterocycles. The molecule has 0 aliphatic heterocycles. The van der Waals surface area contributed by atoms with Crippen molar-refractivity contribution in [3.8, 4) is 0 Å². The highest BCUT2D eigenvalue weighted by atomic mass is 79.9. The van der Waals surface area contributed by atoms with Crippen LogP contribution in [0.3, 0.4) is 0 Å². The van der Waals surface area contributed by atoms with Gasteiger partial charge in [0.25, 0.3) is 5.91 Å². The van der Waals surface area contributed by atoms with Gasteiger partial charge in [0, 0.05) is 30.3 Å². The quantitative estimate of drug-likeness (QED) is 0.779. The van der Waals surface area contributed by atoms with E-state index < -0.39 is 0 Å². The van der Waals surface area contributed by atoms with Gasteiger partial charge in [0.2, 0.25) is 0 Å². The molecule has 0 aliphatic rings. The molecule has 1 aromatic rings. The number of unbranched alkanes of at least 4 members (excludes halogenated alkanes) is 1. The van der Waals surface area contributed by atoms with Crippen LogP contribution in [0, 0.1) is 0 Å². The van der Waals surface area contributed by atoms with Crippen molar-refractivity contribution in [2.45, 2.75) is 40.0 Å². The minimum Gasteiger partial charge on any atom is -0.369 e. The lowest BCUT2D eigenvalue weighted by Gasteiger charge is -2.22. The molecule has 0 bridgehead atoms. The highest BCUT2D eigenvalue weighted by Gasteiger charge is 2.18. The average Bonchev–Trinajstić information content (AvgIpc) is 2.46. The van der Waals surface area contributed by atoms with Crippen LogP contribution < -0.4 is 5.32 Å². The van der Waals surface area contributed by atoms with Crippen LogP contribution in [-0.2, 0) is 0 Å². The van der Waals surface area contributed by atoms with E-state index in [1.165, 1.54) is 0 Å². The second kappa shape index (κ2) is 8.95. The van der Waals surface area contributed by atoms with E-state index in [0.29, 0.717) is 11.4 Å². The van der Waals surface area contributed by atoms with Gasteiger partial charge in [0.05, 0.1) is 5.56 Å². The number of nitrogens with zero attached hydrogens (tertiary/aromatic N) is 2. The van der Waals surface area contributed by atoms with E-state index in [-0.39, 0.29) is 5.91 Å². The predicted octanol–water partition coefficient (Wildman–Crippen LogP) is 3.93. The van der Waals surface area contributed by atoms with Crippen LogP contribution in [0.5, 0.6) is 0 Å². The number of halogens is 1. The number of nitrogens with one attached hydrogen (secondary N) is 1. The molecule has 1 amide bonds. The second-order valence-electron chi connectivity index (χ2n) is 4.71. The number of aromatic nitrogens is 1. The molecule has 0 aliphatic carbocycles. The fourth-order valence-corrected chi connectivity index (χ4v) is 2.24. The monoisotopic (exact) mass is 341 g/mol. The molecule has 0 unspecified atom stereocenters. The lowest BCUT2D eigenvalue weighted by molar-refractivity contribution is 0.0763. The Kier molecular flexibility index (Phi) is 7.59. The summed E-state index contributed by atoms with van der Waals surface area (Å²) in [5.74, 6) is 0.725. The van der Waals surface area contributed by atoms with Crippen molar-refractivity contribution in [3.63, 3.8) is 0 Å². The maximum absolute atomic E-state index is 12.6. The van der Waals surface area contributed by atoms with E-state index >= 15 is 0 Å². The molecule has 0 fully saturated rings. The maximum atomic E-state index is 12.6. The summed E-state index contributed by atoms with van der Waals surface area (Å²) in [6, 6.07) is 1.85. The van der Waals surface area contributed by atoms with Crippen molar-refractivity contribution in [3.05, 3.63) is 22.3 Å². The molecule has 5 heteroatoms. The highest BCUT2D eigenvalue weighted by molar-refractivity contribution is 9.10. The summed E-state index contributed by atoms with van der Waals surface area (Å²) in [5, 5.41) is 3.23. The first-order valence-electron chi connectivity index (χ1n) is 7.32. The Bertz CT molecular complexity index is 437. The second-order valence-corrected chi connectivity index (χ2v) is 5.63. The first-order valence-corrected chi connectivity index (χ1v) is 8.11. The number of hydrogen-bond acceptors (Lipinski definition) is 3. The molecule has 0 atom stereocenters. The van der Waals surface area contributed by atoms with Gasteiger partial charge in [0.15, 0.2) is 0 Å². The lowest BCUT2D eigenvalue weighted by Crippen LogP contribution is -2.32. The molecule has 1 N–H and O–H groups in total. The third-order valence-corrected chi connectivity index (χ3v) is 3.51. The number of carbonyl (C=O) groups excluding carboxylic acids is 1. The van der Waals surface area contributed by atoms with Crippen molar-refractivity contribution >= 4 is 27.7 Å². The molecule has 1 rings (SSSR count). The summed E-state index contributed by atoms with van der Waals surface area (Å²) in [6.07, 6.45) is 4.83. The number of hydrogen-bond donors (Lipinski definition) is 1. The predicted molar refractivity (Wildman–Crippen MR) is 87.2 cm³/mol. The minimum atomic E-state index is 0.0494. The molecule has 1 aromatic heterocycles. The van der Waals surface area contributed by atoms with Crippen molar-refractivity contribution in [1.29, 1.82) is 0 Å². The van der Waals surface area contributed by atoms with Crippen LogP contribution in [0.25, 0.3) is 0 Å². The van der Waals surface area contributed by atoms with Crippen LogP contribution in [0.1, 0.15) is 50.4 Å². The Morgan fingerprint density at radius 2 is 2.10 bits per heavy atom. The van der Waals surface area contributed by atoms with Gasteiger partial charge in [-0.25, -0.2) is 4.98 Å². The normalized spacial score (nSPS) is 10.4. The molecule has 1 heterocycles. The lowest BCUT2D eigenvalue weighted by atomic mass is 10.2. The third-order valence-electron chi connectivity index (χ3n) is 3.08. The summed E-state index contributed by atoms with van der Waals surface area (Å²) in [5.41, 5.74) is 0.644. The molecule has 0 radical (unpaired) electrons. The number of carbonyl (C=O) groups is 1. The van der Waals surface area contributed by atoms with Gasteiger partial charge in [-0.1, -0.05) is 20.3 Å². The SMILES string of the molecule is CCCCN(CC)C(=O)c1cc(Br)cnc1NCCC. The van der Waals surface area contributed by atoms with Crippen LogP contribution in [0.15, 0.2) is 16.7 Å². The molecule has 112 valence electrons. The smallest absolute Gasteiger partial charge is 0.257 e. The molecule has 4 nitrogen and oxygen atoms in total. The average molecular weight is 342 g/mol. The van der Waals surface area contributed by atoms with E-state index in [1.54, 1.807) is 6.20 Å². The minimum absolute atomic E-state index is 0.0494. The Morgan fingerprint density at radius 3 is 2.70 bits per heavy atom. The van der Waals surface area contributed by atoms with Crippen LogP contribution in [-0.4, -0.2) is 35.4 Å². The topological polar surface area (TPSA) is 45.2 Å². The molecular weight excluding hydrogens is 318 g/mol. The summed E-state index contributed by atoms with van der Waals surface area (Å²) < 4.78 is 0.828. The van der Waals surface area contributed by atoms with Gasteiger partial charge in [0.1, 0.15) is 5.82 Å². The Hall–Kier alpha value is -1.10. The van der Waals surface area contributed by atoms with E-state index in [4.69, 9.17) is 0 Å². The fourth-order valence-electron chi connectivity index (χ4n) is 1.91. The van der Waals surface area contributed by atoms with Gasteiger partial charge in [-0.3, -0.25) is 4.79 Å². The summed E-state index contributed by atoms with van der Waals surface area (Å²) >= 11 is 3.40. The number of pyridine rings is 1. The Labute approximate surface area is 130 Å². The number of rotatable bonds is 8. The van der Waals surface area contributed by atoms with Crippen molar-refractivity contribution < 1.29 is 4.79 Å². The van der Waals surface area contributed by atoms with E-state index in [1.807, 2.05) is 17.9 Å². The highest BCUT2D eigenvalue weighted by Crippen LogP contribution is 2.20. The van der Waals surface area contributed by atoms with Gasteiger partial charge in [-0.15, -0.1) is 0 Å². The number of amides is 1. The van der Waals surface area contributed by atoms with Crippen molar-refractivity contribution in [1.82, 2.24) is 9.88 Å². The Balaban J connectivity index is 2.96. The standard InChI is InChI=1S/C15H24BrN3O/c1-4-7-9-19(6-3)15(20)13-10-12(16)11-18-14(13)17-8-5-2/h10-11H,4-9H2,1-3H3,(H,17,18). The van der Waals surface area contributed by atoms with Gasteiger partial charge < -0.3 is 10.2 Å². The summed E-state index contributed by atoms with van der Waals surface area (Å²) in [4.78, 5) is 18.9. The third kappa shape index (κ3) is 4.78. The van der Waals surface area contributed by atoms with E-state index in [2.05, 4.69) is 40.1 Å². The molecule has 20 heavy (non-hydrogen) atoms. The fraction of sp³-hybridized carbons (Fsp3) is 0.600. The van der Waals surface area contributed by atoms with Gasteiger partial charge in [-0.2, -0.15) is 0 Å². The summed E-state index contributed by atoms with van der Waals surface area (Å²) in [6.45, 7) is 8.57. The number of anilines is 1. The zero-order valence-electron chi connectivity index (χ0n) is 12.6. The zero-order valence-corrected chi connectivity index (χ0v) is 14.2. The first kappa shape index (κ1) is 17.0. The van der Waals surface area contributed by atoms with Gasteiger partial charge in [-0.05, 0) is 41.8 Å². The molecule has 0 spiro atoms. The van der Waals surface area contributed by atoms with Crippen molar-refractivity contribution in [2.75, 3.05) is 25.0 Å². The first-order chi connectivity index (χ1) is 9.63. The van der Waals surface area contributed by atoms with Crippen molar-refractivity contribution in [2.24, 2.45) is 0 Å². The van der Waals surface area contributed by atoms with Gasteiger partial charge >= 0.3 is 0 Å². The molecule has 0 saturated carbocycles.